The van der Waals surface area contributed by atoms with Gasteiger partial charge >= 0.3 is 0 Å². The van der Waals surface area contributed by atoms with E-state index in [1.807, 2.05) is 10.7 Å². The zero-order chi connectivity index (χ0) is 15.4. The second kappa shape index (κ2) is 7.10. The third kappa shape index (κ3) is 3.47. The van der Waals surface area contributed by atoms with E-state index in [9.17, 15) is 0 Å². The van der Waals surface area contributed by atoms with Crippen molar-refractivity contribution in [3.05, 3.63) is 45.7 Å². The number of aromatic nitrogens is 2. The summed E-state index contributed by atoms with van der Waals surface area (Å²) in [5.41, 5.74) is 5.72. The molecule has 0 spiro atoms. The first-order chi connectivity index (χ1) is 10.1. The molecule has 0 aliphatic heterocycles. The smallest absolute Gasteiger partial charge is 0.0835 e. The predicted octanol–water partition coefficient (Wildman–Crippen LogP) is 4.20. The zero-order valence-corrected chi connectivity index (χ0v) is 14.1. The minimum Gasteiger partial charge on any atom is -0.313 e. The van der Waals surface area contributed by atoms with Crippen LogP contribution in [-0.2, 0) is 13.0 Å². The summed E-state index contributed by atoms with van der Waals surface area (Å²) in [5, 5.41) is 8.77. The standard InChI is InChI=1S/C17H24ClN3/c1-5-9-19-11-14-7-8-17(16(18)10-14)21-13(4)15(6-2)12(3)20-21/h7-8,10,19H,5-6,9,11H2,1-4H3. The lowest BCUT2D eigenvalue weighted by Crippen LogP contribution is -2.13. The van der Waals surface area contributed by atoms with Crippen LogP contribution in [0.4, 0.5) is 0 Å². The van der Waals surface area contributed by atoms with Gasteiger partial charge in [0, 0.05) is 12.2 Å². The van der Waals surface area contributed by atoms with Crippen LogP contribution in [0.2, 0.25) is 5.02 Å². The third-order valence-corrected chi connectivity index (χ3v) is 4.09. The highest BCUT2D eigenvalue weighted by atomic mass is 35.5. The van der Waals surface area contributed by atoms with Gasteiger partial charge < -0.3 is 5.32 Å². The van der Waals surface area contributed by atoms with Gasteiger partial charge in [0.2, 0.25) is 0 Å². The van der Waals surface area contributed by atoms with Crippen LogP contribution in [0.25, 0.3) is 5.69 Å². The van der Waals surface area contributed by atoms with E-state index >= 15 is 0 Å². The Labute approximate surface area is 132 Å². The Morgan fingerprint density at radius 2 is 2.00 bits per heavy atom. The van der Waals surface area contributed by atoms with Gasteiger partial charge in [0.05, 0.1) is 16.4 Å². The summed E-state index contributed by atoms with van der Waals surface area (Å²) in [6.07, 6.45) is 2.13. The fraction of sp³-hybridized carbons (Fsp3) is 0.471. The number of nitrogens with zero attached hydrogens (tertiary/aromatic N) is 2. The van der Waals surface area contributed by atoms with E-state index in [0.29, 0.717) is 0 Å². The molecule has 1 aromatic heterocycles. The number of hydrogen-bond donors (Lipinski definition) is 1. The molecular weight excluding hydrogens is 282 g/mol. The lowest BCUT2D eigenvalue weighted by atomic mass is 10.1. The highest BCUT2D eigenvalue weighted by molar-refractivity contribution is 6.32. The first-order valence-electron chi connectivity index (χ1n) is 7.63. The van der Waals surface area contributed by atoms with Gasteiger partial charge in [-0.15, -0.1) is 0 Å². The van der Waals surface area contributed by atoms with E-state index in [0.717, 1.165) is 42.3 Å². The van der Waals surface area contributed by atoms with Gasteiger partial charge in [0.1, 0.15) is 0 Å². The fourth-order valence-corrected chi connectivity index (χ4v) is 2.95. The lowest BCUT2D eigenvalue weighted by molar-refractivity contribution is 0.675. The van der Waals surface area contributed by atoms with Crippen molar-refractivity contribution >= 4 is 11.6 Å². The Hall–Kier alpha value is -1.32. The molecule has 0 bridgehead atoms. The van der Waals surface area contributed by atoms with Crippen molar-refractivity contribution in [2.24, 2.45) is 0 Å². The molecule has 1 heterocycles. The molecule has 0 saturated heterocycles. The average Bonchev–Trinajstić information content (AvgIpc) is 2.74. The van der Waals surface area contributed by atoms with E-state index in [1.165, 1.54) is 16.8 Å². The number of nitrogens with one attached hydrogen (secondary N) is 1. The molecule has 2 rings (SSSR count). The Kier molecular flexibility index (Phi) is 5.43. The minimum absolute atomic E-state index is 0.749. The van der Waals surface area contributed by atoms with E-state index in [-0.39, 0.29) is 0 Å². The molecule has 0 fully saturated rings. The summed E-state index contributed by atoms with van der Waals surface area (Å²) in [7, 11) is 0. The van der Waals surface area contributed by atoms with Crippen molar-refractivity contribution in [3.8, 4) is 5.69 Å². The molecule has 0 saturated carbocycles. The quantitative estimate of drug-likeness (QED) is 0.810. The van der Waals surface area contributed by atoms with Gasteiger partial charge in [0.25, 0.3) is 0 Å². The molecular formula is C17H24ClN3. The molecule has 0 aliphatic carbocycles. The first kappa shape index (κ1) is 16.1. The molecule has 0 radical (unpaired) electrons. The Morgan fingerprint density at radius 1 is 1.24 bits per heavy atom. The maximum Gasteiger partial charge on any atom is 0.0835 e. The van der Waals surface area contributed by atoms with Crippen molar-refractivity contribution in [1.29, 1.82) is 0 Å². The van der Waals surface area contributed by atoms with Crippen LogP contribution in [0.5, 0.6) is 0 Å². The second-order valence-corrected chi connectivity index (χ2v) is 5.78. The molecule has 1 N–H and O–H groups in total. The van der Waals surface area contributed by atoms with E-state index in [2.05, 4.69) is 50.2 Å². The van der Waals surface area contributed by atoms with Crippen LogP contribution in [-0.4, -0.2) is 16.3 Å². The molecule has 0 amide bonds. The maximum absolute atomic E-state index is 6.46. The molecule has 0 aliphatic rings. The summed E-state index contributed by atoms with van der Waals surface area (Å²) in [4.78, 5) is 0. The van der Waals surface area contributed by atoms with Gasteiger partial charge in [-0.25, -0.2) is 4.68 Å². The van der Waals surface area contributed by atoms with Gasteiger partial charge in [-0.05, 0) is 56.5 Å². The van der Waals surface area contributed by atoms with E-state index < -0.39 is 0 Å². The highest BCUT2D eigenvalue weighted by Gasteiger charge is 2.13. The van der Waals surface area contributed by atoms with Crippen LogP contribution in [0.1, 0.15) is 42.8 Å². The summed E-state index contributed by atoms with van der Waals surface area (Å²) in [5.74, 6) is 0. The SMILES string of the molecule is CCCNCc1ccc(-n2nc(C)c(CC)c2C)c(Cl)c1. The predicted molar refractivity (Wildman–Crippen MR) is 89.4 cm³/mol. The Morgan fingerprint density at radius 3 is 2.57 bits per heavy atom. The van der Waals surface area contributed by atoms with Gasteiger partial charge in [-0.1, -0.05) is 31.5 Å². The molecule has 114 valence electrons. The van der Waals surface area contributed by atoms with E-state index in [1.54, 1.807) is 0 Å². The molecule has 0 atom stereocenters. The monoisotopic (exact) mass is 305 g/mol. The molecule has 21 heavy (non-hydrogen) atoms. The summed E-state index contributed by atoms with van der Waals surface area (Å²) in [6, 6.07) is 6.21. The van der Waals surface area contributed by atoms with Gasteiger partial charge in [-0.2, -0.15) is 5.10 Å². The fourth-order valence-electron chi connectivity index (χ4n) is 2.66. The summed E-state index contributed by atoms with van der Waals surface area (Å²) < 4.78 is 1.96. The number of halogens is 1. The van der Waals surface area contributed by atoms with Crippen LogP contribution in [0.3, 0.4) is 0 Å². The molecule has 4 heteroatoms. The normalized spacial score (nSPS) is 11.1. The Balaban J connectivity index is 2.29. The van der Waals surface area contributed by atoms with Crippen LogP contribution >= 0.6 is 11.6 Å². The topological polar surface area (TPSA) is 29.9 Å². The van der Waals surface area contributed by atoms with Crippen molar-refractivity contribution in [2.75, 3.05) is 6.54 Å². The van der Waals surface area contributed by atoms with Crippen LogP contribution in [0.15, 0.2) is 18.2 Å². The third-order valence-electron chi connectivity index (χ3n) is 3.79. The first-order valence-corrected chi connectivity index (χ1v) is 8.00. The average molecular weight is 306 g/mol. The van der Waals surface area contributed by atoms with Crippen LogP contribution < -0.4 is 5.32 Å². The zero-order valence-electron chi connectivity index (χ0n) is 13.3. The van der Waals surface area contributed by atoms with Crippen molar-refractivity contribution in [2.45, 2.75) is 47.1 Å². The molecule has 1 aromatic carbocycles. The summed E-state index contributed by atoms with van der Waals surface area (Å²) >= 11 is 6.46. The number of hydrogen-bond acceptors (Lipinski definition) is 2. The second-order valence-electron chi connectivity index (χ2n) is 5.38. The number of rotatable bonds is 6. The number of benzene rings is 1. The van der Waals surface area contributed by atoms with Crippen LogP contribution in [0, 0.1) is 13.8 Å². The highest BCUT2D eigenvalue weighted by Crippen LogP contribution is 2.25. The number of aryl methyl sites for hydroxylation is 1. The van der Waals surface area contributed by atoms with Crippen molar-refractivity contribution in [1.82, 2.24) is 15.1 Å². The lowest BCUT2D eigenvalue weighted by Gasteiger charge is -2.10. The summed E-state index contributed by atoms with van der Waals surface area (Å²) in [6.45, 7) is 10.4. The van der Waals surface area contributed by atoms with Crippen molar-refractivity contribution < 1.29 is 0 Å². The molecule has 3 nitrogen and oxygen atoms in total. The largest absolute Gasteiger partial charge is 0.313 e. The maximum atomic E-state index is 6.46. The molecule has 0 unspecified atom stereocenters. The van der Waals surface area contributed by atoms with Gasteiger partial charge in [-0.3, -0.25) is 0 Å². The van der Waals surface area contributed by atoms with Gasteiger partial charge in [0.15, 0.2) is 0 Å². The Bertz CT molecular complexity index is 617. The molecule has 2 aromatic rings. The van der Waals surface area contributed by atoms with Crippen molar-refractivity contribution in [3.63, 3.8) is 0 Å². The van der Waals surface area contributed by atoms with E-state index in [4.69, 9.17) is 11.6 Å². The minimum atomic E-state index is 0.749.